The van der Waals surface area contributed by atoms with Crippen molar-refractivity contribution in [2.75, 3.05) is 13.1 Å². The number of hydrogen-bond acceptors (Lipinski definition) is 4. The molecule has 4 nitrogen and oxygen atoms in total. The minimum atomic E-state index is -0.157. The van der Waals surface area contributed by atoms with Crippen molar-refractivity contribution in [1.82, 2.24) is 10.3 Å². The Morgan fingerprint density at radius 2 is 2.09 bits per heavy atom. The summed E-state index contributed by atoms with van der Waals surface area (Å²) >= 11 is 0. The molecule has 2 heterocycles. The molecule has 4 heteroatoms. The Morgan fingerprint density at radius 3 is 2.91 bits per heavy atom. The summed E-state index contributed by atoms with van der Waals surface area (Å²) < 4.78 is 11.9. The van der Waals surface area contributed by atoms with Crippen LogP contribution in [-0.4, -0.2) is 18.1 Å². The Bertz CT molecular complexity index is 743. The molecule has 0 bridgehead atoms. The van der Waals surface area contributed by atoms with Gasteiger partial charge in [0.15, 0.2) is 6.10 Å². The van der Waals surface area contributed by atoms with Gasteiger partial charge in [0.2, 0.25) is 5.89 Å². The highest BCUT2D eigenvalue weighted by molar-refractivity contribution is 5.88. The third-order valence-corrected chi connectivity index (χ3v) is 4.22. The van der Waals surface area contributed by atoms with E-state index >= 15 is 0 Å². The van der Waals surface area contributed by atoms with E-state index in [4.69, 9.17) is 9.15 Å². The van der Waals surface area contributed by atoms with Crippen LogP contribution in [0.15, 0.2) is 59.3 Å². The molecule has 1 aliphatic heterocycles. The first-order chi connectivity index (χ1) is 10.9. The van der Waals surface area contributed by atoms with Crippen LogP contribution in [-0.2, 0) is 0 Å². The van der Waals surface area contributed by atoms with Crippen LogP contribution >= 0.6 is 0 Å². The molecule has 1 aliphatic rings. The highest BCUT2D eigenvalue weighted by Gasteiger charge is 2.31. The van der Waals surface area contributed by atoms with Gasteiger partial charge in [0.1, 0.15) is 12.0 Å². The van der Waals surface area contributed by atoms with Crippen LogP contribution in [0, 0.1) is 5.92 Å². The largest absolute Gasteiger partial charge is 0.480 e. The summed E-state index contributed by atoms with van der Waals surface area (Å²) in [5, 5.41) is 5.68. The maximum absolute atomic E-state index is 6.36. The number of fused-ring (bicyclic) bond motifs is 1. The SMILES string of the molecule is c1ccc2c(O[C@H](c3ncco3)C3CCNC3)cccc2c1. The lowest BCUT2D eigenvalue weighted by molar-refractivity contribution is 0.116. The molecule has 1 unspecified atom stereocenters. The van der Waals surface area contributed by atoms with Crippen LogP contribution in [0.1, 0.15) is 18.4 Å². The third-order valence-electron chi connectivity index (χ3n) is 4.22. The number of ether oxygens (including phenoxy) is 1. The van der Waals surface area contributed by atoms with Crippen molar-refractivity contribution in [2.24, 2.45) is 5.92 Å². The molecule has 3 aromatic rings. The minimum Gasteiger partial charge on any atom is -0.480 e. The lowest BCUT2D eigenvalue weighted by atomic mass is 10.0. The van der Waals surface area contributed by atoms with Crippen molar-refractivity contribution in [1.29, 1.82) is 0 Å². The number of hydrogen-bond donors (Lipinski definition) is 1. The standard InChI is InChI=1S/C18H18N2O2/c1-2-6-15-13(4-1)5-3-7-16(15)22-17(14-8-9-19-12-14)18-20-10-11-21-18/h1-7,10-11,14,17,19H,8-9,12H2/t14?,17-/m0/s1. The van der Waals surface area contributed by atoms with Crippen LogP contribution in [0.25, 0.3) is 10.8 Å². The fourth-order valence-electron chi connectivity index (χ4n) is 3.09. The van der Waals surface area contributed by atoms with Gasteiger partial charge in [-0.25, -0.2) is 4.98 Å². The van der Waals surface area contributed by atoms with Crippen molar-refractivity contribution < 1.29 is 9.15 Å². The number of nitrogens with zero attached hydrogens (tertiary/aromatic N) is 1. The zero-order valence-corrected chi connectivity index (χ0v) is 12.2. The zero-order chi connectivity index (χ0) is 14.8. The molecule has 2 atom stereocenters. The topological polar surface area (TPSA) is 47.3 Å². The van der Waals surface area contributed by atoms with Crippen LogP contribution in [0.5, 0.6) is 5.75 Å². The quantitative estimate of drug-likeness (QED) is 0.799. The monoisotopic (exact) mass is 294 g/mol. The Labute approximate surface area is 129 Å². The average Bonchev–Trinajstić information content (AvgIpc) is 3.26. The first-order valence-electron chi connectivity index (χ1n) is 7.66. The molecule has 1 fully saturated rings. The smallest absolute Gasteiger partial charge is 0.235 e. The van der Waals surface area contributed by atoms with E-state index in [9.17, 15) is 0 Å². The average molecular weight is 294 g/mol. The molecule has 22 heavy (non-hydrogen) atoms. The van der Waals surface area contributed by atoms with Crippen LogP contribution in [0.4, 0.5) is 0 Å². The minimum absolute atomic E-state index is 0.157. The van der Waals surface area contributed by atoms with Crippen molar-refractivity contribution in [3.63, 3.8) is 0 Å². The fourth-order valence-corrected chi connectivity index (χ4v) is 3.09. The number of rotatable bonds is 4. The van der Waals surface area contributed by atoms with Crippen molar-refractivity contribution in [3.8, 4) is 5.75 Å². The first-order valence-corrected chi connectivity index (χ1v) is 7.66. The molecule has 0 radical (unpaired) electrons. The van der Waals surface area contributed by atoms with Crippen LogP contribution in [0.3, 0.4) is 0 Å². The molecule has 0 saturated carbocycles. The van der Waals surface area contributed by atoms with Crippen molar-refractivity contribution in [3.05, 3.63) is 60.8 Å². The second kappa shape index (κ2) is 5.81. The third kappa shape index (κ3) is 2.46. The van der Waals surface area contributed by atoms with Gasteiger partial charge in [0.25, 0.3) is 0 Å². The highest BCUT2D eigenvalue weighted by atomic mass is 16.5. The molecule has 112 valence electrons. The van der Waals surface area contributed by atoms with Gasteiger partial charge in [-0.2, -0.15) is 0 Å². The molecule has 1 saturated heterocycles. The van der Waals surface area contributed by atoms with Gasteiger partial charge in [-0.1, -0.05) is 36.4 Å². The van der Waals surface area contributed by atoms with Gasteiger partial charge < -0.3 is 14.5 Å². The van der Waals surface area contributed by atoms with E-state index in [1.54, 1.807) is 12.5 Å². The molecule has 0 amide bonds. The second-order valence-electron chi connectivity index (χ2n) is 5.64. The molecule has 0 aliphatic carbocycles. The number of aromatic nitrogens is 1. The highest BCUT2D eigenvalue weighted by Crippen LogP contribution is 2.34. The summed E-state index contributed by atoms with van der Waals surface area (Å²) in [7, 11) is 0. The van der Waals surface area contributed by atoms with E-state index in [2.05, 4.69) is 28.5 Å². The van der Waals surface area contributed by atoms with E-state index in [-0.39, 0.29) is 6.10 Å². The van der Waals surface area contributed by atoms with Crippen LogP contribution < -0.4 is 10.1 Å². The maximum atomic E-state index is 6.36. The van der Waals surface area contributed by atoms with E-state index in [0.29, 0.717) is 11.8 Å². The normalized spacial score (nSPS) is 19.4. The Balaban J connectivity index is 1.71. The molecule has 0 spiro atoms. The fraction of sp³-hybridized carbons (Fsp3) is 0.278. The Morgan fingerprint density at radius 1 is 1.18 bits per heavy atom. The van der Waals surface area contributed by atoms with E-state index < -0.39 is 0 Å². The van der Waals surface area contributed by atoms with Gasteiger partial charge >= 0.3 is 0 Å². The van der Waals surface area contributed by atoms with E-state index in [1.807, 2.05) is 24.3 Å². The summed E-state index contributed by atoms with van der Waals surface area (Å²) in [6.07, 6.45) is 4.20. The molecular formula is C18H18N2O2. The number of oxazole rings is 1. The first kappa shape index (κ1) is 13.3. The van der Waals surface area contributed by atoms with Gasteiger partial charge in [-0.05, 0) is 24.4 Å². The summed E-state index contributed by atoms with van der Waals surface area (Å²) in [5.74, 6) is 1.91. The second-order valence-corrected chi connectivity index (χ2v) is 5.64. The lowest BCUT2D eigenvalue weighted by Gasteiger charge is -2.22. The summed E-state index contributed by atoms with van der Waals surface area (Å²) in [5.41, 5.74) is 0. The van der Waals surface area contributed by atoms with Gasteiger partial charge in [-0.15, -0.1) is 0 Å². The van der Waals surface area contributed by atoms with E-state index in [1.165, 1.54) is 5.39 Å². The zero-order valence-electron chi connectivity index (χ0n) is 12.2. The maximum Gasteiger partial charge on any atom is 0.235 e. The van der Waals surface area contributed by atoms with Gasteiger partial charge in [0, 0.05) is 17.8 Å². The van der Waals surface area contributed by atoms with Gasteiger partial charge in [0.05, 0.1) is 6.20 Å². The predicted molar refractivity (Wildman–Crippen MR) is 84.8 cm³/mol. The predicted octanol–water partition coefficient (Wildman–Crippen LogP) is 3.56. The number of nitrogens with one attached hydrogen (secondary N) is 1. The van der Waals surface area contributed by atoms with Gasteiger partial charge in [-0.3, -0.25) is 0 Å². The summed E-state index contributed by atoms with van der Waals surface area (Å²) in [6, 6.07) is 14.4. The molecule has 4 rings (SSSR count). The molecule has 1 aromatic heterocycles. The molecular weight excluding hydrogens is 276 g/mol. The number of benzene rings is 2. The Kier molecular flexibility index (Phi) is 3.52. The van der Waals surface area contributed by atoms with Crippen molar-refractivity contribution >= 4 is 10.8 Å². The summed E-state index contributed by atoms with van der Waals surface area (Å²) in [6.45, 7) is 1.94. The molecule has 1 N–H and O–H groups in total. The van der Waals surface area contributed by atoms with E-state index in [0.717, 1.165) is 30.6 Å². The molecule has 2 aromatic carbocycles. The van der Waals surface area contributed by atoms with Crippen LogP contribution in [0.2, 0.25) is 0 Å². The lowest BCUT2D eigenvalue weighted by Crippen LogP contribution is -2.21. The Hall–Kier alpha value is -2.33. The summed E-state index contributed by atoms with van der Waals surface area (Å²) in [4.78, 5) is 4.32. The van der Waals surface area contributed by atoms with Crippen molar-refractivity contribution in [2.45, 2.75) is 12.5 Å².